The Morgan fingerprint density at radius 1 is 1.37 bits per heavy atom. The van der Waals surface area contributed by atoms with Crippen molar-refractivity contribution in [3.63, 3.8) is 0 Å². The fraction of sp³-hybridized carbons (Fsp3) is 0.538. The predicted octanol–water partition coefficient (Wildman–Crippen LogP) is 2.25. The van der Waals surface area contributed by atoms with Crippen molar-refractivity contribution in [1.82, 2.24) is 9.55 Å². The zero-order valence-electron chi connectivity index (χ0n) is 11.2. The molecule has 2 aromatic heterocycles. The third-order valence-corrected chi connectivity index (χ3v) is 3.58. The lowest BCUT2D eigenvalue weighted by Crippen LogP contribution is -2.25. The second-order valence-corrected chi connectivity index (χ2v) is 4.91. The van der Waals surface area contributed by atoms with Gasteiger partial charge < -0.3 is 9.47 Å². The topological polar surface area (TPSA) is 53.4 Å². The van der Waals surface area contributed by atoms with Crippen molar-refractivity contribution in [3.05, 3.63) is 28.1 Å². The van der Waals surface area contributed by atoms with Gasteiger partial charge in [-0.05, 0) is 25.3 Å². The van der Waals surface area contributed by atoms with Crippen LogP contribution in [0.2, 0.25) is 0 Å². The highest BCUT2D eigenvalue weighted by Crippen LogP contribution is 2.13. The van der Waals surface area contributed by atoms with Crippen LogP contribution in [0.3, 0.4) is 0 Å². The van der Waals surface area contributed by atoms with Crippen LogP contribution in [0.4, 0.5) is 0 Å². The number of nitrogens with zero attached hydrogens (tertiary/aromatic N) is 2. The molecule has 0 fully saturated rings. The molecule has 0 aliphatic heterocycles. The third kappa shape index (κ3) is 3.40. The minimum absolute atomic E-state index is 0.00185. The Morgan fingerprint density at radius 3 is 2.79 bits per heavy atom. The molecule has 0 saturated heterocycles. The molecule has 0 aromatic carbocycles. The maximum absolute atomic E-state index is 12.2. The van der Waals surface area contributed by atoms with E-state index in [-0.39, 0.29) is 11.8 Å². The summed E-state index contributed by atoms with van der Waals surface area (Å²) in [6, 6.07) is 1.81. The van der Waals surface area contributed by atoms with Gasteiger partial charge in [-0.25, -0.2) is 4.98 Å². The maximum atomic E-state index is 12.2. The zero-order valence-corrected chi connectivity index (χ0v) is 12.0. The summed E-state index contributed by atoms with van der Waals surface area (Å²) in [4.78, 5) is 17.2. The van der Waals surface area contributed by atoms with Crippen molar-refractivity contribution in [3.8, 4) is 0 Å². The Morgan fingerprint density at radius 2 is 2.11 bits per heavy atom. The van der Waals surface area contributed by atoms with E-state index in [4.69, 9.17) is 9.47 Å². The molecule has 6 heteroatoms. The minimum Gasteiger partial charge on any atom is -0.353 e. The summed E-state index contributed by atoms with van der Waals surface area (Å²) >= 11 is 1.48. The van der Waals surface area contributed by atoms with Crippen LogP contribution in [0, 0.1) is 0 Å². The van der Waals surface area contributed by atoms with E-state index in [0.29, 0.717) is 31.6 Å². The summed E-state index contributed by atoms with van der Waals surface area (Å²) in [5.74, 6) is 0. The SMILES string of the molecule is CCOC(CCn1cnc2sccc2c1=O)OCC. The average Bonchev–Trinajstić information content (AvgIpc) is 2.87. The summed E-state index contributed by atoms with van der Waals surface area (Å²) in [5, 5.41) is 2.56. The highest BCUT2D eigenvalue weighted by atomic mass is 32.1. The van der Waals surface area contributed by atoms with Gasteiger partial charge in [-0.3, -0.25) is 9.36 Å². The number of ether oxygens (including phenoxy) is 2. The molecule has 0 bridgehead atoms. The van der Waals surface area contributed by atoms with E-state index < -0.39 is 0 Å². The molecule has 2 aromatic rings. The highest BCUT2D eigenvalue weighted by Gasteiger charge is 2.10. The Labute approximate surface area is 115 Å². The van der Waals surface area contributed by atoms with Gasteiger partial charge in [0.25, 0.3) is 5.56 Å². The Bertz CT molecular complexity index is 573. The molecule has 0 amide bonds. The molecule has 2 heterocycles. The molecule has 5 nitrogen and oxygen atoms in total. The van der Waals surface area contributed by atoms with Crippen LogP contribution >= 0.6 is 11.3 Å². The van der Waals surface area contributed by atoms with Crippen molar-refractivity contribution in [2.75, 3.05) is 13.2 Å². The van der Waals surface area contributed by atoms with Gasteiger partial charge in [-0.2, -0.15) is 0 Å². The number of fused-ring (bicyclic) bond motifs is 1. The van der Waals surface area contributed by atoms with Crippen LogP contribution in [-0.2, 0) is 16.0 Å². The lowest BCUT2D eigenvalue weighted by Gasteiger charge is -2.17. The van der Waals surface area contributed by atoms with Crippen LogP contribution in [0.25, 0.3) is 10.2 Å². The largest absolute Gasteiger partial charge is 0.353 e. The molecule has 104 valence electrons. The monoisotopic (exact) mass is 282 g/mol. The van der Waals surface area contributed by atoms with Crippen LogP contribution in [0.15, 0.2) is 22.6 Å². The first-order valence-electron chi connectivity index (χ1n) is 6.42. The molecule has 0 N–H and O–H groups in total. The van der Waals surface area contributed by atoms with Gasteiger partial charge in [-0.1, -0.05) is 0 Å². The van der Waals surface area contributed by atoms with Crippen LogP contribution in [0.1, 0.15) is 20.3 Å². The highest BCUT2D eigenvalue weighted by molar-refractivity contribution is 7.16. The molecular formula is C13H18N2O3S. The first-order chi connectivity index (χ1) is 9.26. The van der Waals surface area contributed by atoms with Gasteiger partial charge in [0.2, 0.25) is 0 Å². The smallest absolute Gasteiger partial charge is 0.262 e. The van der Waals surface area contributed by atoms with Crippen molar-refractivity contribution in [2.45, 2.75) is 33.1 Å². The standard InChI is InChI=1S/C13H18N2O3S/c1-3-17-11(18-4-2)5-7-15-9-14-12-10(13(15)16)6-8-19-12/h6,8-9,11H,3-5,7H2,1-2H3. The molecule has 0 unspecified atom stereocenters. The number of hydrogen-bond donors (Lipinski definition) is 0. The maximum Gasteiger partial charge on any atom is 0.262 e. The van der Waals surface area contributed by atoms with Crippen LogP contribution in [0.5, 0.6) is 0 Å². The number of aryl methyl sites for hydroxylation is 1. The van der Waals surface area contributed by atoms with E-state index in [2.05, 4.69) is 4.98 Å². The van der Waals surface area contributed by atoms with E-state index >= 15 is 0 Å². The number of rotatable bonds is 7. The third-order valence-electron chi connectivity index (χ3n) is 2.76. The summed E-state index contributed by atoms with van der Waals surface area (Å²) in [7, 11) is 0. The molecule has 19 heavy (non-hydrogen) atoms. The Kier molecular flexibility index (Phi) is 5.07. The fourth-order valence-corrected chi connectivity index (χ4v) is 2.61. The van der Waals surface area contributed by atoms with E-state index in [1.807, 2.05) is 25.3 Å². The fourth-order valence-electron chi connectivity index (χ4n) is 1.88. The van der Waals surface area contributed by atoms with Gasteiger partial charge in [0.05, 0.1) is 11.7 Å². The molecule has 0 radical (unpaired) electrons. The predicted molar refractivity (Wildman–Crippen MR) is 75.5 cm³/mol. The first-order valence-corrected chi connectivity index (χ1v) is 7.30. The number of hydrogen-bond acceptors (Lipinski definition) is 5. The van der Waals surface area contributed by atoms with Crippen molar-refractivity contribution in [2.24, 2.45) is 0 Å². The van der Waals surface area contributed by atoms with Crippen LogP contribution < -0.4 is 5.56 Å². The first kappa shape index (κ1) is 14.2. The van der Waals surface area contributed by atoms with E-state index in [0.717, 1.165) is 4.83 Å². The Hall–Kier alpha value is -1.24. The zero-order chi connectivity index (χ0) is 13.7. The van der Waals surface area contributed by atoms with Gasteiger partial charge in [0, 0.05) is 26.2 Å². The molecule has 0 saturated carbocycles. The molecule has 0 atom stereocenters. The summed E-state index contributed by atoms with van der Waals surface area (Å²) < 4.78 is 12.5. The lowest BCUT2D eigenvalue weighted by molar-refractivity contribution is -0.141. The van der Waals surface area contributed by atoms with Gasteiger partial charge in [0.1, 0.15) is 4.83 Å². The van der Waals surface area contributed by atoms with E-state index in [1.165, 1.54) is 11.3 Å². The number of aromatic nitrogens is 2. The van der Waals surface area contributed by atoms with Gasteiger partial charge >= 0.3 is 0 Å². The number of thiophene rings is 1. The van der Waals surface area contributed by atoms with Gasteiger partial charge in [-0.15, -0.1) is 11.3 Å². The molecule has 0 aliphatic carbocycles. The normalized spacial score (nSPS) is 11.5. The van der Waals surface area contributed by atoms with Crippen LogP contribution in [-0.4, -0.2) is 29.1 Å². The van der Waals surface area contributed by atoms with Crippen molar-refractivity contribution >= 4 is 21.6 Å². The van der Waals surface area contributed by atoms with Gasteiger partial charge in [0.15, 0.2) is 6.29 Å². The quantitative estimate of drug-likeness (QED) is 0.731. The van der Waals surface area contributed by atoms with E-state index in [9.17, 15) is 4.79 Å². The summed E-state index contributed by atoms with van der Waals surface area (Å²) in [6.45, 7) is 5.60. The summed E-state index contributed by atoms with van der Waals surface area (Å²) in [5.41, 5.74) is -0.00185. The molecular weight excluding hydrogens is 264 g/mol. The average molecular weight is 282 g/mol. The molecule has 0 aliphatic rings. The lowest BCUT2D eigenvalue weighted by atomic mass is 10.3. The molecule has 0 spiro atoms. The van der Waals surface area contributed by atoms with Crippen molar-refractivity contribution < 1.29 is 9.47 Å². The second kappa shape index (κ2) is 6.79. The second-order valence-electron chi connectivity index (χ2n) is 4.01. The Balaban J connectivity index is 2.08. The van der Waals surface area contributed by atoms with E-state index in [1.54, 1.807) is 10.9 Å². The summed E-state index contributed by atoms with van der Waals surface area (Å²) in [6.07, 6.45) is 1.97. The molecule has 2 rings (SSSR count). The minimum atomic E-state index is -0.264. The van der Waals surface area contributed by atoms with Crippen molar-refractivity contribution in [1.29, 1.82) is 0 Å².